The lowest BCUT2D eigenvalue weighted by molar-refractivity contribution is -0.384. The summed E-state index contributed by atoms with van der Waals surface area (Å²) in [6.07, 6.45) is 3.76. The fraction of sp³-hybridized carbons (Fsp3) is 0.588. The van der Waals surface area contributed by atoms with E-state index in [4.69, 9.17) is 0 Å². The molecule has 0 heterocycles. The second-order valence-electron chi connectivity index (χ2n) is 6.61. The zero-order valence-electron chi connectivity index (χ0n) is 14.2. The lowest BCUT2D eigenvalue weighted by Crippen LogP contribution is -2.38. The number of nitro groups is 1. The van der Waals surface area contributed by atoms with Crippen molar-refractivity contribution in [2.75, 3.05) is 25.5 Å². The molecule has 2 N–H and O–H groups in total. The Labute approximate surface area is 141 Å². The lowest BCUT2D eigenvalue weighted by atomic mass is 9.86. The van der Waals surface area contributed by atoms with Gasteiger partial charge in [0.05, 0.1) is 17.6 Å². The summed E-state index contributed by atoms with van der Waals surface area (Å²) in [4.78, 5) is 24.4. The van der Waals surface area contributed by atoms with Gasteiger partial charge in [0.15, 0.2) is 0 Å². The van der Waals surface area contributed by atoms with Crippen LogP contribution in [0.1, 0.15) is 31.2 Å². The Kier molecular flexibility index (Phi) is 6.28. The molecule has 0 saturated heterocycles. The average molecular weight is 335 g/mol. The van der Waals surface area contributed by atoms with Crippen LogP contribution < -0.4 is 5.32 Å². The molecule has 1 aromatic carbocycles. The SMILES string of the molecule is Cc1cc([N+](=O)[O-])ccc1NC(=O)CN(C)CC1CCCCC1O. The Morgan fingerprint density at radius 2 is 2.12 bits per heavy atom. The summed E-state index contributed by atoms with van der Waals surface area (Å²) in [7, 11) is 1.86. The molecule has 1 amide bonds. The van der Waals surface area contributed by atoms with E-state index in [0.29, 0.717) is 17.8 Å². The summed E-state index contributed by atoms with van der Waals surface area (Å²) in [6.45, 7) is 2.64. The first-order valence-electron chi connectivity index (χ1n) is 8.28. The van der Waals surface area contributed by atoms with Crippen LogP contribution >= 0.6 is 0 Å². The van der Waals surface area contributed by atoms with E-state index in [1.54, 1.807) is 13.0 Å². The van der Waals surface area contributed by atoms with Gasteiger partial charge in [-0.15, -0.1) is 0 Å². The van der Waals surface area contributed by atoms with E-state index in [9.17, 15) is 20.0 Å². The van der Waals surface area contributed by atoms with Gasteiger partial charge in [-0.2, -0.15) is 0 Å². The number of nitrogens with one attached hydrogen (secondary N) is 1. The van der Waals surface area contributed by atoms with Crippen LogP contribution in [-0.2, 0) is 4.79 Å². The van der Waals surface area contributed by atoms with Crippen LogP contribution in [0.15, 0.2) is 18.2 Å². The molecule has 2 unspecified atom stereocenters. The molecule has 0 aliphatic heterocycles. The fourth-order valence-electron chi connectivity index (χ4n) is 3.20. The Bertz CT molecular complexity index is 605. The first-order chi connectivity index (χ1) is 11.4. The lowest BCUT2D eigenvalue weighted by Gasteiger charge is -2.30. The number of anilines is 1. The van der Waals surface area contributed by atoms with Gasteiger partial charge in [0.2, 0.25) is 5.91 Å². The number of nitrogens with zero attached hydrogens (tertiary/aromatic N) is 2. The van der Waals surface area contributed by atoms with Gasteiger partial charge < -0.3 is 10.4 Å². The number of nitro benzene ring substituents is 1. The van der Waals surface area contributed by atoms with Gasteiger partial charge in [0.1, 0.15) is 0 Å². The van der Waals surface area contributed by atoms with Crippen LogP contribution in [0, 0.1) is 23.0 Å². The minimum atomic E-state index is -0.456. The Balaban J connectivity index is 1.87. The van der Waals surface area contributed by atoms with Crippen LogP contribution in [0.2, 0.25) is 0 Å². The van der Waals surface area contributed by atoms with Crippen molar-refractivity contribution in [3.63, 3.8) is 0 Å². The first kappa shape index (κ1) is 18.4. The summed E-state index contributed by atoms with van der Waals surface area (Å²) in [5.74, 6) is 0.0532. The molecule has 1 fully saturated rings. The quantitative estimate of drug-likeness (QED) is 0.614. The standard InChI is InChI=1S/C17H25N3O4/c1-12-9-14(20(23)24)7-8-15(12)18-17(22)11-19(2)10-13-5-3-4-6-16(13)21/h7-9,13,16,21H,3-6,10-11H2,1-2H3,(H,18,22). The molecule has 2 atom stereocenters. The number of aliphatic hydroxyl groups is 1. The summed E-state index contributed by atoms with van der Waals surface area (Å²) >= 11 is 0. The molecule has 0 bridgehead atoms. The molecule has 2 rings (SSSR count). The van der Waals surface area contributed by atoms with Crippen molar-refractivity contribution in [3.05, 3.63) is 33.9 Å². The van der Waals surface area contributed by atoms with E-state index in [2.05, 4.69) is 5.32 Å². The van der Waals surface area contributed by atoms with Crippen LogP contribution in [0.5, 0.6) is 0 Å². The highest BCUT2D eigenvalue weighted by atomic mass is 16.6. The Morgan fingerprint density at radius 3 is 2.75 bits per heavy atom. The molecule has 1 aromatic rings. The van der Waals surface area contributed by atoms with Gasteiger partial charge in [0.25, 0.3) is 5.69 Å². The highest BCUT2D eigenvalue weighted by Crippen LogP contribution is 2.25. The summed E-state index contributed by atoms with van der Waals surface area (Å²) in [6, 6.07) is 4.37. The van der Waals surface area contributed by atoms with Gasteiger partial charge in [-0.3, -0.25) is 19.8 Å². The number of hydrogen-bond acceptors (Lipinski definition) is 5. The van der Waals surface area contributed by atoms with E-state index in [1.165, 1.54) is 12.1 Å². The van der Waals surface area contributed by atoms with Gasteiger partial charge in [-0.25, -0.2) is 0 Å². The van der Waals surface area contributed by atoms with E-state index in [-0.39, 0.29) is 30.2 Å². The number of carbonyl (C=O) groups is 1. The van der Waals surface area contributed by atoms with E-state index < -0.39 is 4.92 Å². The zero-order valence-corrected chi connectivity index (χ0v) is 14.2. The predicted molar refractivity (Wildman–Crippen MR) is 91.9 cm³/mol. The van der Waals surface area contributed by atoms with Crippen LogP contribution in [0.3, 0.4) is 0 Å². The summed E-state index contributed by atoms with van der Waals surface area (Å²) in [5.41, 5.74) is 1.24. The highest BCUT2D eigenvalue weighted by Gasteiger charge is 2.24. The van der Waals surface area contributed by atoms with Gasteiger partial charge >= 0.3 is 0 Å². The van der Waals surface area contributed by atoms with Crippen molar-refractivity contribution < 1.29 is 14.8 Å². The summed E-state index contributed by atoms with van der Waals surface area (Å²) in [5, 5.41) is 23.5. The molecular formula is C17H25N3O4. The molecule has 7 heteroatoms. The molecular weight excluding hydrogens is 310 g/mol. The molecule has 1 aliphatic rings. The van der Waals surface area contributed by atoms with Gasteiger partial charge in [0, 0.05) is 24.4 Å². The minimum absolute atomic E-state index is 0.00824. The predicted octanol–water partition coefficient (Wildman–Crippen LogP) is 2.32. The third kappa shape index (κ3) is 5.01. The van der Waals surface area contributed by atoms with Crippen molar-refractivity contribution in [1.29, 1.82) is 0 Å². The number of carbonyl (C=O) groups excluding carboxylic acids is 1. The minimum Gasteiger partial charge on any atom is -0.393 e. The number of rotatable bonds is 6. The maximum atomic E-state index is 12.2. The number of amides is 1. The molecule has 0 aromatic heterocycles. The fourth-order valence-corrected chi connectivity index (χ4v) is 3.20. The number of aliphatic hydroxyl groups excluding tert-OH is 1. The molecule has 0 radical (unpaired) electrons. The van der Waals surface area contributed by atoms with E-state index in [1.807, 2.05) is 11.9 Å². The number of benzene rings is 1. The van der Waals surface area contributed by atoms with E-state index in [0.717, 1.165) is 25.7 Å². The van der Waals surface area contributed by atoms with Crippen molar-refractivity contribution in [3.8, 4) is 0 Å². The monoisotopic (exact) mass is 335 g/mol. The molecule has 132 valence electrons. The smallest absolute Gasteiger partial charge is 0.269 e. The zero-order chi connectivity index (χ0) is 17.7. The Hall–Kier alpha value is -1.99. The largest absolute Gasteiger partial charge is 0.393 e. The second-order valence-corrected chi connectivity index (χ2v) is 6.61. The average Bonchev–Trinajstić information content (AvgIpc) is 2.51. The normalized spacial score (nSPS) is 20.8. The molecule has 24 heavy (non-hydrogen) atoms. The molecule has 7 nitrogen and oxygen atoms in total. The van der Waals surface area contributed by atoms with Crippen molar-refractivity contribution in [2.24, 2.45) is 5.92 Å². The third-order valence-electron chi connectivity index (χ3n) is 4.52. The number of hydrogen-bond donors (Lipinski definition) is 2. The summed E-state index contributed by atoms with van der Waals surface area (Å²) < 4.78 is 0. The topological polar surface area (TPSA) is 95.7 Å². The maximum absolute atomic E-state index is 12.2. The van der Waals surface area contributed by atoms with Crippen molar-refractivity contribution >= 4 is 17.3 Å². The highest BCUT2D eigenvalue weighted by molar-refractivity contribution is 5.93. The van der Waals surface area contributed by atoms with Crippen LogP contribution in [0.4, 0.5) is 11.4 Å². The first-order valence-corrected chi connectivity index (χ1v) is 8.28. The number of non-ortho nitro benzene ring substituents is 1. The number of aryl methyl sites for hydroxylation is 1. The van der Waals surface area contributed by atoms with Crippen LogP contribution in [0.25, 0.3) is 0 Å². The molecule has 0 spiro atoms. The molecule has 1 saturated carbocycles. The second kappa shape index (κ2) is 8.21. The van der Waals surface area contributed by atoms with E-state index >= 15 is 0 Å². The van der Waals surface area contributed by atoms with Crippen molar-refractivity contribution in [1.82, 2.24) is 4.90 Å². The van der Waals surface area contributed by atoms with Gasteiger partial charge in [-0.05, 0) is 44.4 Å². The molecule has 1 aliphatic carbocycles. The maximum Gasteiger partial charge on any atom is 0.269 e. The van der Waals surface area contributed by atoms with Crippen LogP contribution in [-0.4, -0.2) is 47.1 Å². The number of likely N-dealkylation sites (N-methyl/N-ethyl adjacent to an activating group) is 1. The third-order valence-corrected chi connectivity index (χ3v) is 4.52. The van der Waals surface area contributed by atoms with Crippen molar-refractivity contribution in [2.45, 2.75) is 38.7 Å². The van der Waals surface area contributed by atoms with Gasteiger partial charge in [-0.1, -0.05) is 12.8 Å². The Morgan fingerprint density at radius 1 is 1.42 bits per heavy atom.